The fourth-order valence-corrected chi connectivity index (χ4v) is 4.55. The van der Waals surface area contributed by atoms with Crippen molar-refractivity contribution in [2.24, 2.45) is 11.8 Å². The topological polar surface area (TPSA) is 23.5 Å². The van der Waals surface area contributed by atoms with Crippen molar-refractivity contribution in [2.75, 3.05) is 20.6 Å². The van der Waals surface area contributed by atoms with Crippen LogP contribution in [0.2, 0.25) is 5.02 Å². The summed E-state index contributed by atoms with van der Waals surface area (Å²) in [6.07, 6.45) is 4.75. The van der Waals surface area contributed by atoms with Crippen LogP contribution < -0.4 is 0 Å². The van der Waals surface area contributed by atoms with Crippen molar-refractivity contribution in [1.82, 2.24) is 4.90 Å². The molecule has 0 aromatic heterocycles. The molecular weight excluding hydrogens is 361 g/mol. The van der Waals surface area contributed by atoms with Crippen molar-refractivity contribution in [1.29, 1.82) is 0 Å². The molecule has 2 aromatic carbocycles. The molecule has 2 aromatic rings. The molecule has 0 bridgehead atoms. The molecule has 0 saturated heterocycles. The Morgan fingerprint density at radius 2 is 1.93 bits per heavy atom. The number of nitrogens with zero attached hydrogens (tertiary/aromatic N) is 1. The van der Waals surface area contributed by atoms with E-state index in [1.807, 2.05) is 20.2 Å². The van der Waals surface area contributed by atoms with Crippen molar-refractivity contribution in [3.8, 4) is 0 Å². The maximum absolute atomic E-state index is 14.0. The molecule has 146 valence electrons. The zero-order valence-electron chi connectivity index (χ0n) is 16.2. The summed E-state index contributed by atoms with van der Waals surface area (Å²) < 4.78 is 14.0. The van der Waals surface area contributed by atoms with Crippen LogP contribution in [0.25, 0.3) is 0 Å². The number of halogens is 2. The van der Waals surface area contributed by atoms with Crippen LogP contribution in [0.4, 0.5) is 4.39 Å². The van der Waals surface area contributed by atoms with Gasteiger partial charge in [0, 0.05) is 12.5 Å². The highest BCUT2D eigenvalue weighted by atomic mass is 35.5. The minimum atomic E-state index is -1.00. The lowest BCUT2D eigenvalue weighted by Crippen LogP contribution is -2.45. The zero-order valence-corrected chi connectivity index (χ0v) is 16.9. The van der Waals surface area contributed by atoms with Gasteiger partial charge in [0.2, 0.25) is 0 Å². The van der Waals surface area contributed by atoms with E-state index in [1.54, 1.807) is 12.1 Å². The molecule has 3 atom stereocenters. The molecule has 1 aliphatic carbocycles. The minimum absolute atomic E-state index is 0.0719. The molecule has 0 heterocycles. The van der Waals surface area contributed by atoms with E-state index in [1.165, 1.54) is 11.6 Å². The average Bonchev–Trinajstić information content (AvgIpc) is 2.65. The molecule has 1 N–H and O–H groups in total. The van der Waals surface area contributed by atoms with E-state index in [9.17, 15) is 9.50 Å². The van der Waals surface area contributed by atoms with Gasteiger partial charge in [-0.1, -0.05) is 48.0 Å². The Labute approximate surface area is 167 Å². The molecule has 3 rings (SSSR count). The number of aliphatic hydroxyl groups is 1. The molecule has 0 spiro atoms. The highest BCUT2D eigenvalue weighted by molar-refractivity contribution is 6.30. The maximum atomic E-state index is 14.0. The van der Waals surface area contributed by atoms with Crippen LogP contribution in [0, 0.1) is 17.7 Å². The highest BCUT2D eigenvalue weighted by Crippen LogP contribution is 2.45. The van der Waals surface area contributed by atoms with Crippen LogP contribution in [-0.2, 0) is 12.0 Å². The lowest BCUT2D eigenvalue weighted by Gasteiger charge is -2.44. The first-order valence-corrected chi connectivity index (χ1v) is 10.1. The Hall–Kier alpha value is -1.42. The molecule has 1 fully saturated rings. The number of aryl methyl sites for hydroxylation is 1. The molecule has 1 saturated carbocycles. The van der Waals surface area contributed by atoms with Gasteiger partial charge < -0.3 is 10.0 Å². The van der Waals surface area contributed by atoms with E-state index in [0.717, 1.165) is 32.2 Å². The van der Waals surface area contributed by atoms with Crippen LogP contribution >= 0.6 is 11.6 Å². The molecule has 0 amide bonds. The predicted octanol–water partition coefficient (Wildman–Crippen LogP) is 5.28. The van der Waals surface area contributed by atoms with Gasteiger partial charge in [-0.25, -0.2) is 4.39 Å². The third kappa shape index (κ3) is 4.90. The first kappa shape index (κ1) is 20.3. The lowest BCUT2D eigenvalue weighted by molar-refractivity contribution is -0.0762. The third-order valence-electron chi connectivity index (χ3n) is 5.92. The van der Waals surface area contributed by atoms with Gasteiger partial charge in [0.05, 0.1) is 10.6 Å². The second kappa shape index (κ2) is 8.72. The van der Waals surface area contributed by atoms with E-state index in [-0.39, 0.29) is 10.9 Å². The van der Waals surface area contributed by atoms with Gasteiger partial charge in [-0.15, -0.1) is 0 Å². The van der Waals surface area contributed by atoms with Gasteiger partial charge >= 0.3 is 0 Å². The number of rotatable bonds is 6. The summed E-state index contributed by atoms with van der Waals surface area (Å²) in [4.78, 5) is 2.11. The Morgan fingerprint density at radius 1 is 1.19 bits per heavy atom. The van der Waals surface area contributed by atoms with Crippen LogP contribution in [0.15, 0.2) is 48.5 Å². The van der Waals surface area contributed by atoms with E-state index in [4.69, 9.17) is 11.6 Å². The standard InChI is InChI=1S/C23H29ClFNO/c1-26(2)16-20-14-18(9-8-17-6-4-3-5-7-17)12-13-23(20,27)19-10-11-21(24)22(25)15-19/h3-7,10-11,15,18,20,27H,8-9,12-14,16H2,1-2H3. The Bertz CT molecular complexity index is 751. The lowest BCUT2D eigenvalue weighted by atomic mass is 9.66. The Morgan fingerprint density at radius 3 is 2.59 bits per heavy atom. The van der Waals surface area contributed by atoms with Crippen LogP contribution in [0.5, 0.6) is 0 Å². The first-order valence-electron chi connectivity index (χ1n) is 9.75. The maximum Gasteiger partial charge on any atom is 0.142 e. The van der Waals surface area contributed by atoms with Crippen molar-refractivity contribution in [3.05, 3.63) is 70.5 Å². The molecule has 2 nitrogen and oxygen atoms in total. The molecule has 1 aliphatic rings. The van der Waals surface area contributed by atoms with Gasteiger partial charge in [-0.2, -0.15) is 0 Å². The molecule has 0 aliphatic heterocycles. The summed E-state index contributed by atoms with van der Waals surface area (Å²) in [7, 11) is 4.05. The summed E-state index contributed by atoms with van der Waals surface area (Å²) >= 11 is 5.84. The van der Waals surface area contributed by atoms with Crippen molar-refractivity contribution in [2.45, 2.75) is 37.7 Å². The van der Waals surface area contributed by atoms with Crippen LogP contribution in [0.3, 0.4) is 0 Å². The molecule has 3 unspecified atom stereocenters. The van der Waals surface area contributed by atoms with E-state index in [0.29, 0.717) is 17.9 Å². The van der Waals surface area contributed by atoms with E-state index >= 15 is 0 Å². The minimum Gasteiger partial charge on any atom is -0.385 e. The van der Waals surface area contributed by atoms with Crippen LogP contribution in [0.1, 0.15) is 36.8 Å². The second-order valence-electron chi connectivity index (χ2n) is 8.18. The van der Waals surface area contributed by atoms with Crippen molar-refractivity contribution >= 4 is 11.6 Å². The Kier molecular flexibility index (Phi) is 6.56. The van der Waals surface area contributed by atoms with Crippen molar-refractivity contribution < 1.29 is 9.50 Å². The quantitative estimate of drug-likeness (QED) is 0.726. The normalized spacial score (nSPS) is 25.7. The van der Waals surface area contributed by atoms with Gasteiger partial charge in [-0.3, -0.25) is 0 Å². The number of benzene rings is 2. The van der Waals surface area contributed by atoms with Crippen molar-refractivity contribution in [3.63, 3.8) is 0 Å². The fourth-order valence-electron chi connectivity index (χ4n) is 4.43. The number of hydrogen-bond acceptors (Lipinski definition) is 2. The third-order valence-corrected chi connectivity index (χ3v) is 6.22. The summed E-state index contributed by atoms with van der Waals surface area (Å²) in [6.45, 7) is 0.780. The van der Waals surface area contributed by atoms with Gasteiger partial charge in [0.25, 0.3) is 0 Å². The molecule has 0 radical (unpaired) electrons. The first-order chi connectivity index (χ1) is 12.9. The second-order valence-corrected chi connectivity index (χ2v) is 8.58. The molecule has 4 heteroatoms. The number of hydrogen-bond donors (Lipinski definition) is 1. The largest absolute Gasteiger partial charge is 0.385 e. The predicted molar refractivity (Wildman–Crippen MR) is 109 cm³/mol. The summed E-state index contributed by atoms with van der Waals surface area (Å²) in [5, 5.41) is 11.6. The van der Waals surface area contributed by atoms with E-state index < -0.39 is 11.4 Å². The fraction of sp³-hybridized carbons (Fsp3) is 0.478. The zero-order chi connectivity index (χ0) is 19.4. The molecular formula is C23H29ClFNO. The Balaban J connectivity index is 1.75. The average molecular weight is 390 g/mol. The van der Waals surface area contributed by atoms with Gasteiger partial charge in [-0.05, 0) is 75.4 Å². The monoisotopic (exact) mass is 389 g/mol. The van der Waals surface area contributed by atoms with E-state index in [2.05, 4.69) is 29.2 Å². The van der Waals surface area contributed by atoms with Gasteiger partial charge in [0.15, 0.2) is 0 Å². The van der Waals surface area contributed by atoms with Gasteiger partial charge in [0.1, 0.15) is 5.82 Å². The smallest absolute Gasteiger partial charge is 0.142 e. The summed E-state index contributed by atoms with van der Waals surface area (Å²) in [5.41, 5.74) is 1.01. The summed E-state index contributed by atoms with van der Waals surface area (Å²) in [6, 6.07) is 15.3. The summed E-state index contributed by atoms with van der Waals surface area (Å²) in [5.74, 6) is 0.188. The molecule has 27 heavy (non-hydrogen) atoms. The van der Waals surface area contributed by atoms with Crippen LogP contribution in [-0.4, -0.2) is 30.6 Å². The highest BCUT2D eigenvalue weighted by Gasteiger charge is 2.43. The SMILES string of the molecule is CN(C)CC1CC(CCc2ccccc2)CCC1(O)c1ccc(Cl)c(F)c1.